The Bertz CT molecular complexity index is 470. The summed E-state index contributed by atoms with van der Waals surface area (Å²) in [5.41, 5.74) is 0. The van der Waals surface area contributed by atoms with Crippen molar-refractivity contribution in [1.82, 2.24) is 20.4 Å². The van der Waals surface area contributed by atoms with Crippen LogP contribution in [-0.2, 0) is 0 Å². The fourth-order valence-corrected chi connectivity index (χ4v) is 5.39. The summed E-state index contributed by atoms with van der Waals surface area (Å²) >= 11 is 0. The normalized spacial score (nSPS) is 25.9. The van der Waals surface area contributed by atoms with Gasteiger partial charge in [-0.05, 0) is 63.8 Å². The molecule has 0 aromatic rings. The van der Waals surface area contributed by atoms with Crippen LogP contribution in [0.1, 0.15) is 72.1 Å². The van der Waals surface area contributed by atoms with Crippen LogP contribution in [0.2, 0.25) is 0 Å². The van der Waals surface area contributed by atoms with E-state index in [1.165, 1.54) is 84.1 Å². The monoisotopic (exact) mass is 519 g/mol. The molecule has 2 saturated heterocycles. The number of nitrogens with one attached hydrogen (secondary N) is 2. The largest absolute Gasteiger partial charge is 0.357 e. The van der Waals surface area contributed by atoms with Gasteiger partial charge >= 0.3 is 0 Å². The summed E-state index contributed by atoms with van der Waals surface area (Å²) in [5, 5.41) is 7.24. The predicted octanol–water partition coefficient (Wildman–Crippen LogP) is 3.93. The third-order valence-electron chi connectivity index (χ3n) is 6.79. The molecular formula is C23H46IN5. The number of hydrogen-bond donors (Lipinski definition) is 2. The minimum absolute atomic E-state index is 0. The quantitative estimate of drug-likeness (QED) is 0.304. The van der Waals surface area contributed by atoms with Gasteiger partial charge in [0, 0.05) is 51.4 Å². The Kier molecular flexibility index (Phi) is 11.6. The lowest BCUT2D eigenvalue weighted by Crippen LogP contribution is -2.50. The standard InChI is InChI=1S/C23H45N5.HI/c1-4-24-23(25-16-20-8-7-13-27(18-20)17-19(2)3)26-21-11-14-28(15-12-21)22-9-5-6-10-22;/h19-22H,4-18H2,1-3H3,(H2,24,25,26);1H. The Morgan fingerprint density at radius 1 is 1.00 bits per heavy atom. The minimum atomic E-state index is 0. The highest BCUT2D eigenvalue weighted by atomic mass is 127. The summed E-state index contributed by atoms with van der Waals surface area (Å²) in [6, 6.07) is 1.46. The molecule has 3 aliphatic rings. The van der Waals surface area contributed by atoms with Crippen LogP contribution >= 0.6 is 24.0 Å². The van der Waals surface area contributed by atoms with E-state index in [0.29, 0.717) is 12.0 Å². The Morgan fingerprint density at radius 3 is 2.38 bits per heavy atom. The van der Waals surface area contributed by atoms with Crippen LogP contribution in [0.4, 0.5) is 0 Å². The molecule has 0 aromatic heterocycles. The molecule has 2 N–H and O–H groups in total. The first-order chi connectivity index (χ1) is 13.6. The summed E-state index contributed by atoms with van der Waals surface area (Å²) in [7, 11) is 0. The summed E-state index contributed by atoms with van der Waals surface area (Å²) < 4.78 is 0. The van der Waals surface area contributed by atoms with Crippen molar-refractivity contribution in [3.63, 3.8) is 0 Å². The molecule has 0 bridgehead atoms. The maximum absolute atomic E-state index is 5.00. The maximum atomic E-state index is 5.00. The Hall–Kier alpha value is -0.0800. The maximum Gasteiger partial charge on any atom is 0.191 e. The van der Waals surface area contributed by atoms with E-state index in [0.717, 1.165) is 31.0 Å². The zero-order chi connectivity index (χ0) is 19.8. The molecule has 0 spiro atoms. The molecule has 2 aliphatic heterocycles. The molecule has 5 nitrogen and oxygen atoms in total. The summed E-state index contributed by atoms with van der Waals surface area (Å²) in [6.07, 6.45) is 10.9. The summed E-state index contributed by atoms with van der Waals surface area (Å²) in [5.74, 6) is 2.52. The second-order valence-corrected chi connectivity index (χ2v) is 9.77. The van der Waals surface area contributed by atoms with E-state index in [4.69, 9.17) is 4.99 Å². The van der Waals surface area contributed by atoms with Gasteiger partial charge in [0.1, 0.15) is 0 Å². The van der Waals surface area contributed by atoms with Crippen LogP contribution < -0.4 is 10.6 Å². The van der Waals surface area contributed by atoms with E-state index in [1.807, 2.05) is 0 Å². The molecule has 0 radical (unpaired) electrons. The fourth-order valence-electron chi connectivity index (χ4n) is 5.39. The Balaban J connectivity index is 0.00000300. The lowest BCUT2D eigenvalue weighted by atomic mass is 9.97. The van der Waals surface area contributed by atoms with Crippen molar-refractivity contribution >= 4 is 29.9 Å². The third-order valence-corrected chi connectivity index (χ3v) is 6.79. The molecule has 0 aromatic carbocycles. The molecule has 29 heavy (non-hydrogen) atoms. The zero-order valence-corrected chi connectivity index (χ0v) is 21.5. The number of guanidine groups is 1. The number of likely N-dealkylation sites (tertiary alicyclic amines) is 2. The molecule has 1 atom stereocenters. The highest BCUT2D eigenvalue weighted by Crippen LogP contribution is 2.26. The highest BCUT2D eigenvalue weighted by molar-refractivity contribution is 14.0. The predicted molar refractivity (Wildman–Crippen MR) is 135 cm³/mol. The molecule has 170 valence electrons. The molecule has 1 aliphatic carbocycles. The molecule has 0 amide bonds. The van der Waals surface area contributed by atoms with Crippen LogP contribution in [0.25, 0.3) is 0 Å². The number of hydrogen-bond acceptors (Lipinski definition) is 3. The number of halogens is 1. The minimum Gasteiger partial charge on any atom is -0.357 e. The molecular weight excluding hydrogens is 473 g/mol. The number of aliphatic imine (C=N–C) groups is 1. The van der Waals surface area contributed by atoms with E-state index >= 15 is 0 Å². The van der Waals surface area contributed by atoms with Gasteiger partial charge in [0.2, 0.25) is 0 Å². The van der Waals surface area contributed by atoms with Gasteiger partial charge in [0.15, 0.2) is 5.96 Å². The van der Waals surface area contributed by atoms with Crippen molar-refractivity contribution < 1.29 is 0 Å². The third kappa shape index (κ3) is 8.52. The summed E-state index contributed by atoms with van der Waals surface area (Å²) in [4.78, 5) is 10.4. The van der Waals surface area contributed by atoms with Crippen molar-refractivity contribution in [2.75, 3.05) is 45.8 Å². The number of piperidine rings is 2. The number of rotatable bonds is 7. The van der Waals surface area contributed by atoms with Gasteiger partial charge in [-0.25, -0.2) is 0 Å². The van der Waals surface area contributed by atoms with Crippen molar-refractivity contribution in [2.24, 2.45) is 16.8 Å². The van der Waals surface area contributed by atoms with E-state index < -0.39 is 0 Å². The van der Waals surface area contributed by atoms with Crippen molar-refractivity contribution in [1.29, 1.82) is 0 Å². The molecule has 3 fully saturated rings. The van der Waals surface area contributed by atoms with Crippen LogP contribution in [0, 0.1) is 11.8 Å². The van der Waals surface area contributed by atoms with Gasteiger partial charge < -0.3 is 20.4 Å². The molecule has 1 saturated carbocycles. The van der Waals surface area contributed by atoms with Crippen LogP contribution in [0.5, 0.6) is 0 Å². The smallest absolute Gasteiger partial charge is 0.191 e. The van der Waals surface area contributed by atoms with Gasteiger partial charge in [-0.15, -0.1) is 24.0 Å². The van der Waals surface area contributed by atoms with Crippen molar-refractivity contribution in [2.45, 2.75) is 84.2 Å². The van der Waals surface area contributed by atoms with Gasteiger partial charge in [0.05, 0.1) is 0 Å². The van der Waals surface area contributed by atoms with E-state index in [1.54, 1.807) is 0 Å². The Labute approximate surface area is 196 Å². The van der Waals surface area contributed by atoms with Gasteiger partial charge in [-0.1, -0.05) is 26.7 Å². The first-order valence-electron chi connectivity index (χ1n) is 12.1. The second kappa shape index (κ2) is 13.4. The van der Waals surface area contributed by atoms with Crippen molar-refractivity contribution in [3.8, 4) is 0 Å². The topological polar surface area (TPSA) is 42.9 Å². The van der Waals surface area contributed by atoms with E-state index in [-0.39, 0.29) is 24.0 Å². The van der Waals surface area contributed by atoms with Crippen LogP contribution in [0.15, 0.2) is 4.99 Å². The van der Waals surface area contributed by atoms with Crippen molar-refractivity contribution in [3.05, 3.63) is 0 Å². The van der Waals surface area contributed by atoms with Crippen LogP contribution in [0.3, 0.4) is 0 Å². The lowest BCUT2D eigenvalue weighted by molar-refractivity contribution is 0.150. The lowest BCUT2D eigenvalue weighted by Gasteiger charge is -2.37. The molecule has 3 rings (SSSR count). The van der Waals surface area contributed by atoms with Gasteiger partial charge in [-0.3, -0.25) is 4.99 Å². The van der Waals surface area contributed by atoms with Crippen LogP contribution in [-0.4, -0.2) is 73.7 Å². The highest BCUT2D eigenvalue weighted by Gasteiger charge is 2.27. The SMILES string of the molecule is CCNC(=NCC1CCCN(CC(C)C)C1)NC1CCN(C2CCCC2)CC1.I. The van der Waals surface area contributed by atoms with Gasteiger partial charge in [-0.2, -0.15) is 0 Å². The van der Waals surface area contributed by atoms with E-state index in [9.17, 15) is 0 Å². The van der Waals surface area contributed by atoms with Gasteiger partial charge in [0.25, 0.3) is 0 Å². The molecule has 6 heteroatoms. The zero-order valence-electron chi connectivity index (χ0n) is 19.2. The second-order valence-electron chi connectivity index (χ2n) is 9.77. The Morgan fingerprint density at radius 2 is 1.72 bits per heavy atom. The molecule has 2 heterocycles. The average Bonchev–Trinajstić information content (AvgIpc) is 3.21. The number of nitrogens with zero attached hydrogens (tertiary/aromatic N) is 3. The fraction of sp³-hybridized carbons (Fsp3) is 0.957. The first-order valence-corrected chi connectivity index (χ1v) is 12.1. The van der Waals surface area contributed by atoms with E-state index in [2.05, 4.69) is 41.2 Å². The summed E-state index contributed by atoms with van der Waals surface area (Å²) in [6.45, 7) is 15.0. The average molecular weight is 520 g/mol. The molecule has 1 unspecified atom stereocenters. The first kappa shape index (κ1) is 25.2.